The fourth-order valence-corrected chi connectivity index (χ4v) is 9.11. The van der Waals surface area contributed by atoms with Crippen LogP contribution in [0.1, 0.15) is 67.4 Å². The van der Waals surface area contributed by atoms with E-state index >= 15 is 0 Å². The molecular weight excluding hydrogens is 1100 g/mol. The van der Waals surface area contributed by atoms with E-state index in [2.05, 4.69) is 81.2 Å². The van der Waals surface area contributed by atoms with Crippen molar-refractivity contribution in [3.8, 4) is 34.2 Å². The third kappa shape index (κ3) is 13.0. The number of aromatic nitrogens is 15. The number of ether oxygens (including phenoxy) is 1. The Morgan fingerprint density at radius 3 is 1.27 bits per heavy atom. The van der Waals surface area contributed by atoms with Gasteiger partial charge in [0.1, 0.15) is 34.4 Å². The number of carboxylic acid groups (broad SMARTS) is 1. The van der Waals surface area contributed by atoms with Crippen molar-refractivity contribution in [1.29, 1.82) is 0 Å². The summed E-state index contributed by atoms with van der Waals surface area (Å²) in [5.41, 5.74) is 14.7. The standard InChI is InChI=1S/C23H23N7O3.C18H15N7O2.C18H14N6O2/c1-15-21(30-12-4-2-6-19(30)26-15)17-10-11-24-23(27-17)28-18-9-8-16(14-25-18)22(31)29-33-20-7-3-5-13-32-20;1-11-16(25-9-3-2-4-15(25)21-11)13-7-8-19-18(22-13)23-14-6-5-12(10-20-14)17(26)24-27;1-11-16(24-9-3-2-4-15(24)21-11)13-7-8-19-18(22-13)23-14-6-5-12(10-20-14)17(25)26/h2,4,6,8-12,14,20H,3,5,7,13H2,1H3,(H,29,31)(H,24,25,27,28);2-10,27H,1H3,(H,24,26)(H,19,20,22,23);2-10H,1H3,(H,25,26)(H,19,20,22,23). The first-order valence-electron chi connectivity index (χ1n) is 26.7. The molecular formula is C59H52N20O7. The van der Waals surface area contributed by atoms with Gasteiger partial charge in [-0.05, 0) is 125 Å². The number of hydrogen-bond acceptors (Lipinski definition) is 21. The van der Waals surface area contributed by atoms with Crippen LogP contribution in [0.3, 0.4) is 0 Å². The molecule has 1 atom stereocenters. The van der Waals surface area contributed by atoms with Gasteiger partial charge in [0.2, 0.25) is 17.8 Å². The highest BCUT2D eigenvalue weighted by molar-refractivity contribution is 5.94. The summed E-state index contributed by atoms with van der Waals surface area (Å²) in [5.74, 6) is 0.521. The third-order valence-corrected chi connectivity index (χ3v) is 13.1. The molecule has 0 aliphatic carbocycles. The molecule has 7 N–H and O–H groups in total. The highest BCUT2D eigenvalue weighted by Gasteiger charge is 2.19. The van der Waals surface area contributed by atoms with Gasteiger partial charge in [0, 0.05) is 68.8 Å². The minimum absolute atomic E-state index is 0.117. The lowest BCUT2D eigenvalue weighted by Crippen LogP contribution is -2.33. The van der Waals surface area contributed by atoms with Crippen LogP contribution in [0.15, 0.2) is 165 Å². The molecule has 27 heteroatoms. The molecule has 27 nitrogen and oxygen atoms in total. The summed E-state index contributed by atoms with van der Waals surface area (Å²) in [4.78, 5) is 92.4. The van der Waals surface area contributed by atoms with Gasteiger partial charge < -0.3 is 25.8 Å². The Bertz CT molecular complexity index is 4380. The lowest BCUT2D eigenvalue weighted by Gasteiger charge is -2.22. The number of anilines is 6. The summed E-state index contributed by atoms with van der Waals surface area (Å²) in [5, 5.41) is 26.6. The predicted octanol–water partition coefficient (Wildman–Crippen LogP) is 8.72. The van der Waals surface area contributed by atoms with Gasteiger partial charge in [-0.1, -0.05) is 18.2 Å². The molecule has 1 fully saturated rings. The van der Waals surface area contributed by atoms with Crippen molar-refractivity contribution in [1.82, 2.24) is 84.0 Å². The Morgan fingerprint density at radius 2 is 0.907 bits per heavy atom. The number of nitrogens with zero attached hydrogens (tertiary/aromatic N) is 15. The normalized spacial score (nSPS) is 12.8. The van der Waals surface area contributed by atoms with Crippen LogP contribution >= 0.6 is 0 Å². The summed E-state index contributed by atoms with van der Waals surface area (Å²) in [6, 6.07) is 32.4. The number of carboxylic acids is 1. The first kappa shape index (κ1) is 56.3. The molecule has 86 heavy (non-hydrogen) atoms. The van der Waals surface area contributed by atoms with Crippen LogP contribution in [0.4, 0.5) is 35.3 Å². The van der Waals surface area contributed by atoms with Gasteiger partial charge in [-0.25, -0.2) is 80.4 Å². The van der Waals surface area contributed by atoms with Crippen molar-refractivity contribution in [2.75, 3.05) is 22.6 Å². The molecule has 1 aliphatic heterocycles. The summed E-state index contributed by atoms with van der Waals surface area (Å²) >= 11 is 0. The molecule has 2 amide bonds. The average molecular weight is 1150 g/mol. The first-order valence-corrected chi connectivity index (χ1v) is 26.7. The fourth-order valence-electron chi connectivity index (χ4n) is 9.11. The van der Waals surface area contributed by atoms with Crippen LogP contribution in [0.2, 0.25) is 0 Å². The number of carbonyl (C=O) groups is 3. The summed E-state index contributed by atoms with van der Waals surface area (Å²) < 4.78 is 11.4. The van der Waals surface area contributed by atoms with Gasteiger partial charge >= 0.3 is 5.97 Å². The Balaban J connectivity index is 0.000000135. The summed E-state index contributed by atoms with van der Waals surface area (Å²) in [6.07, 6.45) is 17.3. The molecule has 430 valence electrons. The highest BCUT2D eigenvalue weighted by Crippen LogP contribution is 2.28. The van der Waals surface area contributed by atoms with Crippen molar-refractivity contribution in [3.63, 3.8) is 0 Å². The van der Waals surface area contributed by atoms with E-state index in [0.29, 0.717) is 47.5 Å². The summed E-state index contributed by atoms with van der Waals surface area (Å²) in [7, 11) is 0. The number of carbonyl (C=O) groups excluding carboxylic acids is 2. The Hall–Kier alpha value is -11.6. The SMILES string of the molecule is Cc1nc2ccccn2c1-c1ccnc(Nc2ccc(C(=O)NO)cn2)n1.Cc1nc2ccccn2c1-c1ccnc(Nc2ccc(C(=O)NOC3CCCCO3)cn2)n1.Cc1nc2ccccn2c1-c1ccnc(Nc2ccc(C(=O)O)cn2)n1. The van der Waals surface area contributed by atoms with Crippen molar-refractivity contribution in [2.45, 2.75) is 46.3 Å². The number of hydroxylamine groups is 2. The molecule has 0 aromatic carbocycles. The lowest BCUT2D eigenvalue weighted by molar-refractivity contribution is -0.186. The molecule has 1 aliphatic rings. The molecule has 0 radical (unpaired) electrons. The maximum absolute atomic E-state index is 12.3. The van der Waals surface area contributed by atoms with E-state index in [1.807, 2.05) is 125 Å². The molecule has 0 spiro atoms. The summed E-state index contributed by atoms with van der Waals surface area (Å²) in [6.45, 7) is 6.46. The first-order chi connectivity index (χ1) is 41.9. The monoisotopic (exact) mass is 1150 g/mol. The minimum Gasteiger partial charge on any atom is -0.478 e. The van der Waals surface area contributed by atoms with E-state index in [1.54, 1.807) is 48.3 Å². The van der Waals surface area contributed by atoms with E-state index in [0.717, 1.165) is 87.4 Å². The smallest absolute Gasteiger partial charge is 0.337 e. The van der Waals surface area contributed by atoms with Gasteiger partial charge in [0.25, 0.3) is 11.8 Å². The molecule has 0 bridgehead atoms. The molecule has 13 heterocycles. The number of fused-ring (bicyclic) bond motifs is 3. The van der Waals surface area contributed by atoms with Crippen LogP contribution in [0.5, 0.6) is 0 Å². The number of nitrogens with one attached hydrogen (secondary N) is 5. The number of hydrogen-bond donors (Lipinski definition) is 7. The maximum Gasteiger partial charge on any atom is 0.337 e. The number of imidazole rings is 3. The van der Waals surface area contributed by atoms with Crippen LogP contribution in [0, 0.1) is 20.8 Å². The average Bonchev–Trinajstić information content (AvgIpc) is 2.88. The zero-order valence-corrected chi connectivity index (χ0v) is 46.1. The minimum atomic E-state index is -1.02. The Labute approximate surface area is 488 Å². The second-order valence-corrected chi connectivity index (χ2v) is 19.0. The second kappa shape index (κ2) is 25.7. The van der Waals surface area contributed by atoms with Gasteiger partial charge in [-0.3, -0.25) is 28.0 Å². The molecule has 1 unspecified atom stereocenters. The van der Waals surface area contributed by atoms with Gasteiger partial charge in [-0.15, -0.1) is 0 Å². The zero-order valence-electron chi connectivity index (χ0n) is 46.1. The molecule has 1 saturated heterocycles. The van der Waals surface area contributed by atoms with Crippen molar-refractivity contribution < 1.29 is 34.3 Å². The number of pyridine rings is 6. The lowest BCUT2D eigenvalue weighted by atomic mass is 10.2. The van der Waals surface area contributed by atoms with Crippen LogP contribution in [-0.4, -0.2) is 114 Å². The Morgan fingerprint density at radius 1 is 0.500 bits per heavy atom. The maximum atomic E-state index is 12.3. The van der Waals surface area contributed by atoms with E-state index in [9.17, 15) is 14.4 Å². The van der Waals surface area contributed by atoms with Crippen LogP contribution in [0.25, 0.3) is 51.1 Å². The van der Waals surface area contributed by atoms with E-state index in [1.165, 1.54) is 30.7 Å². The predicted molar refractivity (Wildman–Crippen MR) is 314 cm³/mol. The van der Waals surface area contributed by atoms with Crippen molar-refractivity contribution >= 4 is 70.0 Å². The van der Waals surface area contributed by atoms with Gasteiger partial charge in [0.05, 0.1) is 67.9 Å². The molecule has 0 saturated carbocycles. The van der Waals surface area contributed by atoms with Crippen molar-refractivity contribution in [2.24, 2.45) is 0 Å². The topological polar surface area (TPSA) is 338 Å². The quantitative estimate of drug-likeness (QED) is 0.0395. The van der Waals surface area contributed by atoms with Crippen molar-refractivity contribution in [3.05, 3.63) is 199 Å². The van der Waals surface area contributed by atoms with Gasteiger partial charge in [0.15, 0.2) is 6.29 Å². The molecule has 13 rings (SSSR count). The second-order valence-electron chi connectivity index (χ2n) is 19.0. The number of aryl methyl sites for hydroxylation is 3. The fraction of sp³-hybridized carbons (Fsp3) is 0.136. The van der Waals surface area contributed by atoms with Gasteiger partial charge in [-0.2, -0.15) is 0 Å². The largest absolute Gasteiger partial charge is 0.478 e. The number of amides is 2. The van der Waals surface area contributed by atoms with E-state index in [4.69, 9.17) is 19.9 Å². The zero-order chi connectivity index (χ0) is 59.5. The van der Waals surface area contributed by atoms with Crippen LogP contribution < -0.4 is 26.9 Å². The molecule has 12 aromatic heterocycles. The molecule has 12 aromatic rings. The van der Waals surface area contributed by atoms with E-state index in [-0.39, 0.29) is 17.0 Å². The number of rotatable bonds is 14. The van der Waals surface area contributed by atoms with Crippen LogP contribution in [-0.2, 0) is 9.57 Å². The third-order valence-electron chi connectivity index (χ3n) is 13.1. The Kier molecular flexibility index (Phi) is 16.8. The van der Waals surface area contributed by atoms with E-state index < -0.39 is 18.2 Å². The highest BCUT2D eigenvalue weighted by atomic mass is 16.8. The number of aromatic carboxylic acids is 1.